The molecule has 0 atom stereocenters. The molecule has 11 heteroatoms. The van der Waals surface area contributed by atoms with Gasteiger partial charge in [0.15, 0.2) is 11.5 Å². The molecule has 190 valence electrons. The maximum atomic E-state index is 13.4. The first kappa shape index (κ1) is 26.0. The van der Waals surface area contributed by atoms with Crippen LogP contribution in [0.2, 0.25) is 0 Å². The first-order chi connectivity index (χ1) is 16.6. The van der Waals surface area contributed by atoms with Crippen LogP contribution in [0.5, 0.6) is 11.5 Å². The second-order valence-electron chi connectivity index (χ2n) is 8.24. The normalized spacial score (nSPS) is 15.8. The van der Waals surface area contributed by atoms with Crippen LogP contribution in [0.15, 0.2) is 33.9 Å². The van der Waals surface area contributed by atoms with Gasteiger partial charge in [0.1, 0.15) is 11.5 Å². The van der Waals surface area contributed by atoms with Crippen LogP contribution < -0.4 is 31.8 Å². The lowest BCUT2D eigenvalue weighted by molar-refractivity contribution is -0.111. The Labute approximate surface area is 201 Å². The maximum Gasteiger partial charge on any atom is 0.332 e. The highest BCUT2D eigenvalue weighted by Gasteiger charge is 2.36. The van der Waals surface area contributed by atoms with Crippen LogP contribution in [-0.2, 0) is 17.9 Å². The van der Waals surface area contributed by atoms with Gasteiger partial charge in [-0.15, -0.1) is 0 Å². The van der Waals surface area contributed by atoms with Crippen molar-refractivity contribution in [2.45, 2.75) is 64.6 Å². The number of anilines is 2. The zero-order chi connectivity index (χ0) is 25.8. The summed E-state index contributed by atoms with van der Waals surface area (Å²) < 4.78 is 40.2. The Hall–Kier alpha value is -3.63. The number of carbonyl (C=O) groups excluding carboxylic acids is 1. The second-order valence-corrected chi connectivity index (χ2v) is 8.24. The molecular weight excluding hydrogens is 462 g/mol. The standard InChI is InChI=1S/C24H30F2N4O5/c1-4-29-21(27)20(22(32)30(5-2)23(29)33)28-19(31)9-7-15-6-8-17(18(14-15)34-3)35-16-10-12-24(25,26)13-11-16/h6-9,14,16H,4-5,10-13,27H2,1-3H3,(H,28,31)/b9-7+. The zero-order valence-electron chi connectivity index (χ0n) is 20.0. The smallest absolute Gasteiger partial charge is 0.332 e. The number of alkyl halides is 2. The van der Waals surface area contributed by atoms with Crippen molar-refractivity contribution in [3.8, 4) is 11.5 Å². The van der Waals surface area contributed by atoms with E-state index in [9.17, 15) is 23.2 Å². The van der Waals surface area contributed by atoms with Gasteiger partial charge in [-0.25, -0.2) is 13.6 Å². The molecule has 1 aromatic carbocycles. The van der Waals surface area contributed by atoms with Crippen LogP contribution in [0.25, 0.3) is 6.08 Å². The van der Waals surface area contributed by atoms with Gasteiger partial charge in [-0.2, -0.15) is 0 Å². The summed E-state index contributed by atoms with van der Waals surface area (Å²) in [6.45, 7) is 3.72. The summed E-state index contributed by atoms with van der Waals surface area (Å²) in [4.78, 5) is 37.4. The number of aromatic nitrogens is 2. The molecule has 1 aliphatic rings. The van der Waals surface area contributed by atoms with Crippen LogP contribution in [0.4, 0.5) is 20.3 Å². The lowest BCUT2D eigenvalue weighted by Crippen LogP contribution is -2.42. The summed E-state index contributed by atoms with van der Waals surface area (Å²) in [7, 11) is 1.46. The molecule has 0 spiro atoms. The minimum absolute atomic E-state index is 0.113. The highest BCUT2D eigenvalue weighted by molar-refractivity contribution is 6.03. The van der Waals surface area contributed by atoms with Crippen LogP contribution >= 0.6 is 0 Å². The SMILES string of the molecule is CCn1c(N)c(NC(=O)/C=C/c2ccc(OC3CCC(F)(F)CC3)c(OC)c2)c(=O)n(CC)c1=O. The third-order valence-corrected chi connectivity index (χ3v) is 5.92. The molecule has 3 rings (SSSR count). The summed E-state index contributed by atoms with van der Waals surface area (Å²) >= 11 is 0. The molecule has 0 saturated heterocycles. The molecule has 35 heavy (non-hydrogen) atoms. The fourth-order valence-corrected chi connectivity index (χ4v) is 3.95. The van der Waals surface area contributed by atoms with E-state index in [1.54, 1.807) is 32.0 Å². The van der Waals surface area contributed by atoms with Gasteiger partial charge in [0.05, 0.1) is 13.2 Å². The van der Waals surface area contributed by atoms with E-state index >= 15 is 0 Å². The van der Waals surface area contributed by atoms with Crippen LogP contribution in [0.1, 0.15) is 45.1 Å². The highest BCUT2D eigenvalue weighted by Crippen LogP contribution is 2.37. The van der Waals surface area contributed by atoms with Crippen molar-refractivity contribution in [2.75, 3.05) is 18.2 Å². The summed E-state index contributed by atoms with van der Waals surface area (Å²) in [5, 5.41) is 2.47. The summed E-state index contributed by atoms with van der Waals surface area (Å²) in [6.07, 6.45) is 2.50. The largest absolute Gasteiger partial charge is 0.493 e. The summed E-state index contributed by atoms with van der Waals surface area (Å²) in [5.41, 5.74) is 5.19. The van der Waals surface area contributed by atoms with E-state index in [0.717, 1.165) is 4.57 Å². The molecule has 1 fully saturated rings. The molecule has 0 bridgehead atoms. The van der Waals surface area contributed by atoms with Crippen molar-refractivity contribution < 1.29 is 23.0 Å². The Morgan fingerprint density at radius 3 is 2.43 bits per heavy atom. The van der Waals surface area contributed by atoms with Gasteiger partial charge in [0, 0.05) is 32.0 Å². The lowest BCUT2D eigenvalue weighted by atomic mass is 9.94. The van der Waals surface area contributed by atoms with Crippen molar-refractivity contribution in [1.29, 1.82) is 0 Å². The molecule has 1 saturated carbocycles. The molecule has 1 aromatic heterocycles. The quantitative estimate of drug-likeness (QED) is 0.547. The van der Waals surface area contributed by atoms with Crippen LogP contribution in [0.3, 0.4) is 0 Å². The van der Waals surface area contributed by atoms with Gasteiger partial charge in [-0.1, -0.05) is 6.07 Å². The Bertz CT molecular complexity index is 1230. The molecule has 1 aliphatic carbocycles. The Morgan fingerprint density at radius 1 is 1.17 bits per heavy atom. The van der Waals surface area contributed by atoms with E-state index in [1.165, 1.54) is 23.8 Å². The van der Waals surface area contributed by atoms with Gasteiger partial charge in [0.25, 0.3) is 5.56 Å². The number of carbonyl (C=O) groups is 1. The maximum absolute atomic E-state index is 13.4. The molecule has 0 aliphatic heterocycles. The minimum atomic E-state index is -2.64. The van der Waals surface area contributed by atoms with Crippen molar-refractivity contribution in [1.82, 2.24) is 9.13 Å². The number of amides is 1. The predicted octanol–water partition coefficient (Wildman–Crippen LogP) is 3.25. The van der Waals surface area contributed by atoms with E-state index in [4.69, 9.17) is 15.2 Å². The molecule has 0 unspecified atom stereocenters. The number of methoxy groups -OCH3 is 1. The molecule has 9 nitrogen and oxygen atoms in total. The number of nitrogens with zero attached hydrogens (tertiary/aromatic N) is 2. The second kappa shape index (κ2) is 10.7. The number of benzene rings is 1. The van der Waals surface area contributed by atoms with Crippen molar-refractivity contribution in [2.24, 2.45) is 0 Å². The Morgan fingerprint density at radius 2 is 1.83 bits per heavy atom. The number of ether oxygens (including phenoxy) is 2. The zero-order valence-corrected chi connectivity index (χ0v) is 20.0. The molecule has 1 heterocycles. The van der Waals surface area contributed by atoms with E-state index in [1.807, 2.05) is 0 Å². The van der Waals surface area contributed by atoms with Crippen molar-refractivity contribution in [3.63, 3.8) is 0 Å². The van der Waals surface area contributed by atoms with E-state index in [2.05, 4.69) is 5.32 Å². The summed E-state index contributed by atoms with van der Waals surface area (Å²) in [5.74, 6) is -2.53. The van der Waals surface area contributed by atoms with E-state index in [0.29, 0.717) is 17.1 Å². The van der Waals surface area contributed by atoms with Crippen LogP contribution in [0, 0.1) is 0 Å². The van der Waals surface area contributed by atoms with Gasteiger partial charge in [-0.05, 0) is 50.5 Å². The number of rotatable bonds is 8. The third-order valence-electron chi connectivity index (χ3n) is 5.92. The lowest BCUT2D eigenvalue weighted by Gasteiger charge is -2.29. The fraction of sp³-hybridized carbons (Fsp3) is 0.458. The van der Waals surface area contributed by atoms with Gasteiger partial charge in [-0.3, -0.25) is 18.7 Å². The van der Waals surface area contributed by atoms with Crippen molar-refractivity contribution in [3.05, 3.63) is 50.7 Å². The molecule has 2 aromatic rings. The first-order valence-electron chi connectivity index (χ1n) is 11.4. The number of halogens is 2. The number of nitrogen functional groups attached to an aromatic ring is 1. The number of nitrogens with one attached hydrogen (secondary N) is 1. The number of nitrogens with two attached hydrogens (primary N) is 1. The highest BCUT2D eigenvalue weighted by atomic mass is 19.3. The van der Waals surface area contributed by atoms with Gasteiger partial charge < -0.3 is 20.5 Å². The van der Waals surface area contributed by atoms with E-state index < -0.39 is 23.1 Å². The van der Waals surface area contributed by atoms with Crippen molar-refractivity contribution >= 4 is 23.5 Å². The summed E-state index contributed by atoms with van der Waals surface area (Å²) in [6, 6.07) is 4.99. The van der Waals surface area contributed by atoms with E-state index in [-0.39, 0.29) is 56.4 Å². The number of hydrogen-bond donors (Lipinski definition) is 2. The fourth-order valence-electron chi connectivity index (χ4n) is 3.95. The van der Waals surface area contributed by atoms with Gasteiger partial charge in [0.2, 0.25) is 11.8 Å². The third kappa shape index (κ3) is 5.90. The Balaban J connectivity index is 1.74. The predicted molar refractivity (Wildman–Crippen MR) is 129 cm³/mol. The molecule has 0 radical (unpaired) electrons. The monoisotopic (exact) mass is 492 g/mol. The first-order valence-corrected chi connectivity index (χ1v) is 11.4. The molecule has 1 amide bonds. The minimum Gasteiger partial charge on any atom is -0.493 e. The Kier molecular flexibility index (Phi) is 7.98. The molecule has 3 N–H and O–H groups in total. The van der Waals surface area contributed by atoms with Gasteiger partial charge >= 0.3 is 5.69 Å². The molecular formula is C24H30F2N4O5. The number of hydrogen-bond acceptors (Lipinski definition) is 6. The van der Waals surface area contributed by atoms with Crippen LogP contribution in [-0.4, -0.2) is 34.2 Å². The topological polar surface area (TPSA) is 118 Å². The average molecular weight is 493 g/mol. The average Bonchev–Trinajstić information content (AvgIpc) is 2.83.